The van der Waals surface area contributed by atoms with Gasteiger partial charge in [0.15, 0.2) is 5.71 Å². The number of rotatable bonds is 4. The van der Waals surface area contributed by atoms with Crippen LogP contribution in [0.25, 0.3) is 21.5 Å². The lowest BCUT2D eigenvalue weighted by Gasteiger charge is -2.36. The third-order valence-electron chi connectivity index (χ3n) is 11.4. The van der Waals surface area contributed by atoms with E-state index in [1.165, 1.54) is 93.1 Å². The summed E-state index contributed by atoms with van der Waals surface area (Å²) in [6, 6.07) is 27.0. The minimum atomic E-state index is -0.0537. The lowest BCUT2D eigenvalue weighted by Crippen LogP contribution is -2.32. The Kier molecular flexibility index (Phi) is 7.01. The van der Waals surface area contributed by atoms with E-state index < -0.39 is 0 Å². The summed E-state index contributed by atoms with van der Waals surface area (Å²) < 4.78 is 2.38. The van der Waals surface area contributed by atoms with E-state index in [9.17, 15) is 0 Å². The highest BCUT2D eigenvalue weighted by Crippen LogP contribution is 2.57. The Bertz CT molecular complexity index is 2070. The predicted octanol–water partition coefficient (Wildman–Crippen LogP) is 11.0. The molecule has 2 heteroatoms. The van der Waals surface area contributed by atoms with Crippen LogP contribution in [0, 0.1) is 0 Å². The van der Waals surface area contributed by atoms with Crippen molar-refractivity contribution in [3.63, 3.8) is 0 Å². The molecule has 0 atom stereocenters. The van der Waals surface area contributed by atoms with Gasteiger partial charge in [-0.1, -0.05) is 104 Å². The first-order chi connectivity index (χ1) is 22.4. The van der Waals surface area contributed by atoms with Gasteiger partial charge in [0.25, 0.3) is 0 Å². The first-order valence-corrected chi connectivity index (χ1v) is 17.2. The van der Waals surface area contributed by atoms with E-state index in [1.807, 2.05) is 0 Å². The Morgan fingerprint density at radius 2 is 1.39 bits per heavy atom. The van der Waals surface area contributed by atoms with Gasteiger partial charge in [-0.2, -0.15) is 4.58 Å². The number of hydrogen-bond donors (Lipinski definition) is 0. The summed E-state index contributed by atoms with van der Waals surface area (Å²) in [4.78, 5) is 2.48. The molecular formula is C44H45N2+. The van der Waals surface area contributed by atoms with Crippen molar-refractivity contribution in [2.24, 2.45) is 0 Å². The zero-order valence-corrected chi connectivity index (χ0v) is 27.8. The summed E-state index contributed by atoms with van der Waals surface area (Å²) in [7, 11) is 4.49. The molecule has 4 aromatic carbocycles. The Morgan fingerprint density at radius 1 is 0.717 bits per heavy atom. The summed E-state index contributed by atoms with van der Waals surface area (Å²) in [5.74, 6) is 0. The minimum Gasteiger partial charge on any atom is -0.347 e. The van der Waals surface area contributed by atoms with Crippen molar-refractivity contribution in [2.75, 3.05) is 19.0 Å². The molecule has 0 bridgehead atoms. The SMILES string of the molecule is CN1C(=CC=CC2=CC(=CC=CC3=[N+](C)c4ccc5ccccc5c4C3(C)C)CC2)C2(CCCCC2)c2c1ccc1ccccc21. The average molecular weight is 602 g/mol. The van der Waals surface area contributed by atoms with Gasteiger partial charge >= 0.3 is 0 Å². The van der Waals surface area contributed by atoms with Crippen LogP contribution in [-0.2, 0) is 10.8 Å². The molecule has 0 unspecified atom stereocenters. The van der Waals surface area contributed by atoms with Crippen molar-refractivity contribution in [1.29, 1.82) is 0 Å². The van der Waals surface area contributed by atoms with E-state index in [1.54, 1.807) is 5.56 Å². The van der Waals surface area contributed by atoms with Crippen molar-refractivity contribution in [3.05, 3.63) is 143 Å². The highest BCUT2D eigenvalue weighted by atomic mass is 15.2. The molecule has 8 rings (SSSR count). The van der Waals surface area contributed by atoms with E-state index in [2.05, 4.69) is 153 Å². The van der Waals surface area contributed by atoms with E-state index in [4.69, 9.17) is 0 Å². The number of allylic oxidation sites excluding steroid dienone is 10. The summed E-state index contributed by atoms with van der Waals surface area (Å²) in [5.41, 5.74) is 11.4. The second-order valence-corrected chi connectivity index (χ2v) is 14.4. The first kappa shape index (κ1) is 29.0. The van der Waals surface area contributed by atoms with Crippen molar-refractivity contribution in [1.82, 2.24) is 0 Å². The largest absolute Gasteiger partial charge is 0.347 e. The van der Waals surface area contributed by atoms with E-state index in [0.717, 1.165) is 12.8 Å². The summed E-state index contributed by atoms with van der Waals surface area (Å²) in [5, 5.41) is 5.47. The van der Waals surface area contributed by atoms with Crippen molar-refractivity contribution >= 4 is 38.6 Å². The molecule has 0 saturated heterocycles. The average Bonchev–Trinajstić information content (AvgIpc) is 3.68. The maximum Gasteiger partial charge on any atom is 0.210 e. The van der Waals surface area contributed by atoms with Gasteiger partial charge in [-0.3, -0.25) is 0 Å². The van der Waals surface area contributed by atoms with Crippen LogP contribution in [-0.4, -0.2) is 24.4 Å². The van der Waals surface area contributed by atoms with E-state index in [-0.39, 0.29) is 10.8 Å². The molecule has 0 amide bonds. The van der Waals surface area contributed by atoms with Crippen molar-refractivity contribution in [3.8, 4) is 0 Å². The quantitative estimate of drug-likeness (QED) is 0.211. The summed E-state index contributed by atoms with van der Waals surface area (Å²) >= 11 is 0. The van der Waals surface area contributed by atoms with Gasteiger partial charge in [0.05, 0.1) is 5.41 Å². The van der Waals surface area contributed by atoms with Gasteiger partial charge in [0, 0.05) is 41.6 Å². The Hall–Kier alpha value is -4.43. The zero-order chi connectivity index (χ0) is 31.5. The molecule has 46 heavy (non-hydrogen) atoms. The van der Waals surface area contributed by atoms with Crippen LogP contribution in [0.3, 0.4) is 0 Å². The molecule has 4 aliphatic rings. The van der Waals surface area contributed by atoms with Crippen LogP contribution >= 0.6 is 0 Å². The topological polar surface area (TPSA) is 6.25 Å². The van der Waals surface area contributed by atoms with Crippen LogP contribution in [0.5, 0.6) is 0 Å². The third-order valence-corrected chi connectivity index (χ3v) is 11.4. The van der Waals surface area contributed by atoms with Gasteiger partial charge in [0.2, 0.25) is 5.69 Å². The van der Waals surface area contributed by atoms with Gasteiger partial charge in [-0.15, -0.1) is 0 Å². The second kappa shape index (κ2) is 11.1. The van der Waals surface area contributed by atoms with Crippen LogP contribution in [0.1, 0.15) is 69.9 Å². The first-order valence-electron chi connectivity index (χ1n) is 17.2. The van der Waals surface area contributed by atoms with Crippen LogP contribution in [0.15, 0.2) is 132 Å². The maximum absolute atomic E-state index is 2.48. The molecule has 2 nitrogen and oxygen atoms in total. The van der Waals surface area contributed by atoms with Gasteiger partial charge in [0.1, 0.15) is 7.05 Å². The molecule has 2 heterocycles. The summed E-state index contributed by atoms with van der Waals surface area (Å²) in [6.07, 6.45) is 25.1. The molecular weight excluding hydrogens is 556 g/mol. The van der Waals surface area contributed by atoms with Gasteiger partial charge < -0.3 is 4.90 Å². The molecule has 2 aliphatic heterocycles. The smallest absolute Gasteiger partial charge is 0.210 e. The van der Waals surface area contributed by atoms with Gasteiger partial charge in [-0.25, -0.2) is 0 Å². The van der Waals surface area contributed by atoms with E-state index in [0.29, 0.717) is 0 Å². The van der Waals surface area contributed by atoms with Crippen molar-refractivity contribution in [2.45, 2.75) is 69.6 Å². The molecule has 2 aliphatic carbocycles. The lowest BCUT2D eigenvalue weighted by molar-refractivity contribution is -0.401. The zero-order valence-electron chi connectivity index (χ0n) is 27.8. The fraction of sp³-hybridized carbons (Fsp3) is 0.295. The molecule has 0 aromatic heterocycles. The monoisotopic (exact) mass is 601 g/mol. The molecule has 1 spiro atoms. The van der Waals surface area contributed by atoms with Gasteiger partial charge in [-0.05, 0) is 96.0 Å². The minimum absolute atomic E-state index is 0.0537. The molecule has 0 N–H and O–H groups in total. The summed E-state index contributed by atoms with van der Waals surface area (Å²) in [6.45, 7) is 4.73. The fourth-order valence-corrected chi connectivity index (χ4v) is 9.21. The lowest BCUT2D eigenvalue weighted by atomic mass is 9.67. The number of nitrogens with zero attached hydrogens (tertiary/aromatic N) is 2. The van der Waals surface area contributed by atoms with Crippen LogP contribution < -0.4 is 4.90 Å². The number of benzene rings is 4. The predicted molar refractivity (Wildman–Crippen MR) is 197 cm³/mol. The Labute approximate surface area is 274 Å². The maximum atomic E-state index is 2.48. The van der Waals surface area contributed by atoms with E-state index >= 15 is 0 Å². The Morgan fingerprint density at radius 3 is 2.15 bits per heavy atom. The normalized spacial score (nSPS) is 22.0. The van der Waals surface area contributed by atoms with Crippen molar-refractivity contribution < 1.29 is 4.58 Å². The standard InChI is InChI=1S/C44H45N2/c1-43(2)39(45(3)37-26-24-33-16-6-8-18-35(33)41(37)43)20-12-14-31-22-23-32(30-31)15-13-21-40-44(28-10-5-11-29-44)42-36-19-9-7-17-34(36)25-27-38(42)46(40)4/h6-9,12-21,24-27,30H,5,10-11,22-23,28-29H2,1-4H3/q+1. The molecule has 1 saturated carbocycles. The third kappa shape index (κ3) is 4.48. The van der Waals surface area contributed by atoms with Crippen LogP contribution in [0.2, 0.25) is 0 Å². The Balaban J connectivity index is 1.04. The molecule has 1 fully saturated rings. The number of anilines is 1. The molecule has 230 valence electrons. The van der Waals surface area contributed by atoms with Crippen LogP contribution in [0.4, 0.5) is 11.4 Å². The number of hydrogen-bond acceptors (Lipinski definition) is 1. The molecule has 0 radical (unpaired) electrons. The number of likely N-dealkylation sites (N-methyl/N-ethyl adjacent to an activating group) is 1. The highest BCUT2D eigenvalue weighted by molar-refractivity contribution is 6.07. The fourth-order valence-electron chi connectivity index (χ4n) is 9.21. The molecule has 4 aromatic rings. The highest BCUT2D eigenvalue weighted by Gasteiger charge is 2.47. The number of fused-ring (bicyclic) bond motifs is 7. The second-order valence-electron chi connectivity index (χ2n) is 14.4.